The fourth-order valence-corrected chi connectivity index (χ4v) is 4.41. The summed E-state index contributed by atoms with van der Waals surface area (Å²) in [4.78, 5) is 1.35. The van der Waals surface area contributed by atoms with Gasteiger partial charge in [-0.25, -0.2) is 0 Å². The fourth-order valence-electron chi connectivity index (χ4n) is 2.97. The van der Waals surface area contributed by atoms with E-state index < -0.39 is 0 Å². The van der Waals surface area contributed by atoms with E-state index in [9.17, 15) is 0 Å². The number of likely N-dealkylation sites (N-methyl/N-ethyl adjacent to an activating group) is 1. The van der Waals surface area contributed by atoms with Gasteiger partial charge in [0.1, 0.15) is 0 Å². The summed E-state index contributed by atoms with van der Waals surface area (Å²) in [7, 11) is 2.05. The SMILES string of the molecule is CNC(c1cc(C)c(Cl)s1)C1(c2ccccc2)CC1. The Kier molecular flexibility index (Phi) is 3.42. The Balaban J connectivity index is 1.99. The second-order valence-electron chi connectivity index (χ2n) is 5.35. The summed E-state index contributed by atoms with van der Waals surface area (Å²) in [6.45, 7) is 2.08. The van der Waals surface area contributed by atoms with Gasteiger partial charge in [-0.2, -0.15) is 0 Å². The molecule has 0 radical (unpaired) electrons. The number of hydrogen-bond donors (Lipinski definition) is 1. The number of hydrogen-bond acceptors (Lipinski definition) is 2. The van der Waals surface area contributed by atoms with Crippen LogP contribution in [0.5, 0.6) is 0 Å². The van der Waals surface area contributed by atoms with Crippen molar-refractivity contribution in [1.82, 2.24) is 5.32 Å². The highest BCUT2D eigenvalue weighted by molar-refractivity contribution is 7.16. The summed E-state index contributed by atoms with van der Waals surface area (Å²) < 4.78 is 0.916. The maximum absolute atomic E-state index is 6.24. The molecule has 3 heteroatoms. The maximum atomic E-state index is 6.24. The molecule has 100 valence electrons. The molecule has 19 heavy (non-hydrogen) atoms. The minimum absolute atomic E-state index is 0.261. The van der Waals surface area contributed by atoms with Crippen LogP contribution < -0.4 is 5.32 Å². The van der Waals surface area contributed by atoms with Gasteiger partial charge >= 0.3 is 0 Å². The first-order chi connectivity index (χ1) is 9.17. The normalized spacial score (nSPS) is 18.3. The van der Waals surface area contributed by atoms with E-state index in [1.165, 1.54) is 28.8 Å². The highest BCUT2D eigenvalue weighted by Gasteiger charge is 2.51. The minimum Gasteiger partial charge on any atom is -0.312 e. The van der Waals surface area contributed by atoms with Crippen molar-refractivity contribution in [2.45, 2.75) is 31.2 Å². The molecule has 1 aliphatic carbocycles. The van der Waals surface area contributed by atoms with Gasteiger partial charge in [0, 0.05) is 10.3 Å². The highest BCUT2D eigenvalue weighted by atomic mass is 35.5. The Morgan fingerprint density at radius 2 is 1.95 bits per heavy atom. The molecule has 1 saturated carbocycles. The molecular formula is C16H18ClNS. The van der Waals surface area contributed by atoms with Crippen LogP contribution in [0.3, 0.4) is 0 Å². The van der Waals surface area contributed by atoms with Crippen molar-refractivity contribution in [3.63, 3.8) is 0 Å². The fraction of sp³-hybridized carbons (Fsp3) is 0.375. The van der Waals surface area contributed by atoms with Gasteiger partial charge in [0.15, 0.2) is 0 Å². The van der Waals surface area contributed by atoms with Crippen LogP contribution in [0.2, 0.25) is 4.34 Å². The molecule has 1 aliphatic rings. The lowest BCUT2D eigenvalue weighted by Crippen LogP contribution is -2.28. The van der Waals surface area contributed by atoms with Gasteiger partial charge in [-0.1, -0.05) is 41.9 Å². The van der Waals surface area contributed by atoms with Gasteiger partial charge in [0.05, 0.1) is 10.4 Å². The molecule has 1 atom stereocenters. The molecule has 0 aliphatic heterocycles. The third-order valence-corrected chi connectivity index (χ3v) is 5.76. The first-order valence-corrected chi connectivity index (χ1v) is 7.85. The maximum Gasteiger partial charge on any atom is 0.0960 e. The molecule has 0 bridgehead atoms. The molecule has 2 aromatic rings. The number of benzene rings is 1. The molecule has 1 heterocycles. The van der Waals surface area contributed by atoms with Crippen molar-refractivity contribution >= 4 is 22.9 Å². The van der Waals surface area contributed by atoms with E-state index in [1.807, 2.05) is 0 Å². The topological polar surface area (TPSA) is 12.0 Å². The summed E-state index contributed by atoms with van der Waals surface area (Å²) in [6.07, 6.45) is 2.49. The number of thiophene rings is 1. The number of nitrogens with one attached hydrogen (secondary N) is 1. The van der Waals surface area contributed by atoms with Crippen LogP contribution in [0.1, 0.15) is 34.9 Å². The van der Waals surface area contributed by atoms with E-state index in [0.717, 1.165) is 4.34 Å². The van der Waals surface area contributed by atoms with E-state index >= 15 is 0 Å². The van der Waals surface area contributed by atoms with E-state index in [-0.39, 0.29) is 5.41 Å². The highest BCUT2D eigenvalue weighted by Crippen LogP contribution is 2.57. The summed E-state index contributed by atoms with van der Waals surface area (Å²) >= 11 is 7.95. The monoisotopic (exact) mass is 291 g/mol. The standard InChI is InChI=1S/C16H18ClNS/c1-11-10-13(19-15(11)17)14(18-2)16(8-9-16)12-6-4-3-5-7-12/h3-7,10,14,18H,8-9H2,1-2H3. The first-order valence-electron chi connectivity index (χ1n) is 6.66. The van der Waals surface area contributed by atoms with Crippen LogP contribution in [0.15, 0.2) is 36.4 Å². The molecule has 0 saturated heterocycles. The Morgan fingerprint density at radius 3 is 2.42 bits per heavy atom. The number of rotatable bonds is 4. The van der Waals surface area contributed by atoms with E-state index in [0.29, 0.717) is 6.04 Å². The Labute approximate surface area is 123 Å². The number of aryl methyl sites for hydroxylation is 1. The molecule has 1 nitrogen and oxygen atoms in total. The predicted molar refractivity (Wildman–Crippen MR) is 83.2 cm³/mol. The number of halogens is 1. The molecule has 0 amide bonds. The van der Waals surface area contributed by atoms with Gasteiger partial charge in [-0.05, 0) is 44.0 Å². The Hall–Kier alpha value is -0.830. The third kappa shape index (κ3) is 2.22. The van der Waals surface area contributed by atoms with Crippen molar-refractivity contribution < 1.29 is 0 Å². The average molecular weight is 292 g/mol. The summed E-state index contributed by atoms with van der Waals surface area (Å²) in [5, 5.41) is 3.51. The zero-order chi connectivity index (χ0) is 13.5. The van der Waals surface area contributed by atoms with E-state index in [4.69, 9.17) is 11.6 Å². The molecule has 0 spiro atoms. The van der Waals surface area contributed by atoms with Crippen LogP contribution in [-0.2, 0) is 5.41 Å². The second kappa shape index (κ2) is 4.93. The van der Waals surface area contributed by atoms with Crippen molar-refractivity contribution in [3.8, 4) is 0 Å². The van der Waals surface area contributed by atoms with Gasteiger partial charge in [-0.3, -0.25) is 0 Å². The van der Waals surface area contributed by atoms with Gasteiger partial charge in [0.25, 0.3) is 0 Å². The summed E-state index contributed by atoms with van der Waals surface area (Å²) in [6, 6.07) is 13.4. The zero-order valence-corrected chi connectivity index (χ0v) is 12.8. The molecule has 1 fully saturated rings. The predicted octanol–water partition coefficient (Wildman–Crippen LogP) is 4.70. The molecular weight excluding hydrogens is 274 g/mol. The van der Waals surface area contributed by atoms with Crippen LogP contribution in [0, 0.1) is 6.92 Å². The smallest absolute Gasteiger partial charge is 0.0960 e. The quantitative estimate of drug-likeness (QED) is 0.861. The third-order valence-electron chi connectivity index (χ3n) is 4.14. The van der Waals surface area contributed by atoms with Gasteiger partial charge < -0.3 is 5.32 Å². The lowest BCUT2D eigenvalue weighted by atomic mass is 9.87. The van der Waals surface area contributed by atoms with Crippen LogP contribution in [-0.4, -0.2) is 7.05 Å². The summed E-state index contributed by atoms with van der Waals surface area (Å²) in [5.74, 6) is 0. The summed E-state index contributed by atoms with van der Waals surface area (Å²) in [5.41, 5.74) is 2.89. The van der Waals surface area contributed by atoms with Crippen molar-refractivity contribution in [1.29, 1.82) is 0 Å². The van der Waals surface area contributed by atoms with E-state index in [2.05, 4.69) is 55.7 Å². The van der Waals surface area contributed by atoms with Gasteiger partial charge in [0.2, 0.25) is 0 Å². The minimum atomic E-state index is 0.261. The molecule has 1 aromatic heterocycles. The Bertz CT molecular complexity index is 552. The van der Waals surface area contributed by atoms with Crippen LogP contribution in [0.25, 0.3) is 0 Å². The zero-order valence-electron chi connectivity index (χ0n) is 11.2. The van der Waals surface area contributed by atoms with Gasteiger partial charge in [-0.15, -0.1) is 11.3 Å². The molecule has 1 N–H and O–H groups in total. The average Bonchev–Trinajstić information content (AvgIpc) is 3.15. The van der Waals surface area contributed by atoms with Crippen molar-refractivity contribution in [2.75, 3.05) is 7.05 Å². The first kappa shape index (κ1) is 13.2. The second-order valence-corrected chi connectivity index (χ2v) is 7.04. The molecule has 3 rings (SSSR count). The van der Waals surface area contributed by atoms with Crippen LogP contribution in [0.4, 0.5) is 0 Å². The lowest BCUT2D eigenvalue weighted by molar-refractivity contribution is 0.470. The lowest BCUT2D eigenvalue weighted by Gasteiger charge is -2.26. The van der Waals surface area contributed by atoms with Crippen molar-refractivity contribution in [2.24, 2.45) is 0 Å². The molecule has 1 unspecified atom stereocenters. The van der Waals surface area contributed by atoms with Crippen molar-refractivity contribution in [3.05, 3.63) is 56.7 Å². The molecule has 1 aromatic carbocycles. The van der Waals surface area contributed by atoms with E-state index in [1.54, 1.807) is 11.3 Å². The Morgan fingerprint density at radius 1 is 1.26 bits per heavy atom. The largest absolute Gasteiger partial charge is 0.312 e. The van der Waals surface area contributed by atoms with Crippen LogP contribution >= 0.6 is 22.9 Å².